The zero-order valence-electron chi connectivity index (χ0n) is 8.63. The number of nitrogens with zero attached hydrogens (tertiary/aromatic N) is 1. The zero-order valence-corrected chi connectivity index (χ0v) is 9.52. The molecule has 0 aliphatic carbocycles. The molecule has 0 aromatic heterocycles. The molecule has 4 heteroatoms. The summed E-state index contributed by atoms with van der Waals surface area (Å²) in [5.41, 5.74) is 0.918. The van der Waals surface area contributed by atoms with Crippen molar-refractivity contribution in [2.45, 2.75) is 13.0 Å². The van der Waals surface area contributed by atoms with Gasteiger partial charge in [0.05, 0.1) is 0 Å². The van der Waals surface area contributed by atoms with E-state index in [1.54, 1.807) is 0 Å². The summed E-state index contributed by atoms with van der Waals surface area (Å²) in [5, 5.41) is 9.05. The number of carboxylic acids is 1. The fraction of sp³-hybridized carbons (Fsp3) is 0.364. The zero-order chi connectivity index (χ0) is 11.3. The average Bonchev–Trinajstić information content (AvgIpc) is 2.26. The van der Waals surface area contributed by atoms with E-state index in [4.69, 9.17) is 5.11 Å². The van der Waals surface area contributed by atoms with Gasteiger partial charge in [-0.05, 0) is 19.1 Å². The molecule has 1 unspecified atom stereocenters. The summed E-state index contributed by atoms with van der Waals surface area (Å²) in [6, 6.07) is 8.95. The number of benzene rings is 1. The second-order valence-corrected chi connectivity index (χ2v) is 3.52. The second kappa shape index (κ2) is 5.66. The summed E-state index contributed by atoms with van der Waals surface area (Å²) in [6.45, 7) is 2.59. The van der Waals surface area contributed by atoms with E-state index < -0.39 is 12.0 Å². The van der Waals surface area contributed by atoms with Crippen LogP contribution >= 0.6 is 12.6 Å². The third-order valence-corrected chi connectivity index (χ3v) is 2.61. The first-order valence-electron chi connectivity index (χ1n) is 4.86. The number of carboxylic acid groups (broad SMARTS) is 1. The maximum atomic E-state index is 11.0. The largest absolute Gasteiger partial charge is 0.480 e. The van der Waals surface area contributed by atoms with Gasteiger partial charge in [-0.25, -0.2) is 4.79 Å². The Bertz CT molecular complexity index is 316. The van der Waals surface area contributed by atoms with Gasteiger partial charge >= 0.3 is 5.97 Å². The molecule has 0 radical (unpaired) electrons. The van der Waals surface area contributed by atoms with E-state index in [2.05, 4.69) is 12.6 Å². The quantitative estimate of drug-likeness (QED) is 0.752. The number of para-hydroxylation sites is 1. The van der Waals surface area contributed by atoms with E-state index in [1.165, 1.54) is 0 Å². The molecule has 1 rings (SSSR count). The molecule has 0 saturated carbocycles. The number of anilines is 1. The van der Waals surface area contributed by atoms with Gasteiger partial charge < -0.3 is 10.0 Å². The molecule has 1 atom stereocenters. The van der Waals surface area contributed by atoms with Crippen LogP contribution in [0.2, 0.25) is 0 Å². The summed E-state index contributed by atoms with van der Waals surface area (Å²) in [7, 11) is 0. The average molecular weight is 225 g/mol. The van der Waals surface area contributed by atoms with Crippen molar-refractivity contribution in [2.75, 3.05) is 17.2 Å². The van der Waals surface area contributed by atoms with Crippen LogP contribution in [0, 0.1) is 0 Å². The Balaban J connectivity index is 2.92. The van der Waals surface area contributed by atoms with Crippen LogP contribution in [0.15, 0.2) is 30.3 Å². The van der Waals surface area contributed by atoms with E-state index in [-0.39, 0.29) is 0 Å². The van der Waals surface area contributed by atoms with Crippen molar-refractivity contribution in [1.29, 1.82) is 0 Å². The summed E-state index contributed by atoms with van der Waals surface area (Å²) in [6.07, 6.45) is 0. The van der Waals surface area contributed by atoms with Crippen LogP contribution in [-0.2, 0) is 4.79 Å². The lowest BCUT2D eigenvalue weighted by molar-refractivity contribution is -0.138. The molecule has 1 aromatic rings. The van der Waals surface area contributed by atoms with Gasteiger partial charge in [-0.15, -0.1) is 0 Å². The summed E-state index contributed by atoms with van der Waals surface area (Å²) < 4.78 is 0. The molecule has 0 fully saturated rings. The topological polar surface area (TPSA) is 40.5 Å². The molecule has 3 nitrogen and oxygen atoms in total. The number of carbonyl (C=O) groups is 1. The predicted molar refractivity (Wildman–Crippen MR) is 64.7 cm³/mol. The summed E-state index contributed by atoms with van der Waals surface area (Å²) in [4.78, 5) is 12.8. The molecular weight excluding hydrogens is 210 g/mol. The molecule has 1 N–H and O–H groups in total. The van der Waals surface area contributed by atoms with E-state index in [9.17, 15) is 4.79 Å². The molecule has 0 heterocycles. The minimum absolute atomic E-state index is 0.304. The normalized spacial score (nSPS) is 12.1. The Hall–Kier alpha value is -1.16. The standard InChI is InChI=1S/C11H15NO2S/c1-2-12(10(8-15)11(13)14)9-6-4-3-5-7-9/h3-7,10,15H,2,8H2,1H3,(H,13,14). The van der Waals surface area contributed by atoms with Crippen LogP contribution < -0.4 is 4.90 Å². The predicted octanol–water partition coefficient (Wildman–Crippen LogP) is 1.90. The van der Waals surface area contributed by atoms with E-state index in [1.807, 2.05) is 42.2 Å². The fourth-order valence-electron chi connectivity index (χ4n) is 1.51. The fourth-order valence-corrected chi connectivity index (χ4v) is 1.87. The van der Waals surface area contributed by atoms with Crippen molar-refractivity contribution < 1.29 is 9.90 Å². The highest BCUT2D eigenvalue weighted by molar-refractivity contribution is 7.80. The maximum absolute atomic E-state index is 11.0. The second-order valence-electron chi connectivity index (χ2n) is 3.16. The minimum Gasteiger partial charge on any atom is -0.480 e. The lowest BCUT2D eigenvalue weighted by Gasteiger charge is -2.28. The molecular formula is C11H15NO2S. The Morgan fingerprint density at radius 1 is 1.47 bits per heavy atom. The lowest BCUT2D eigenvalue weighted by atomic mass is 10.2. The van der Waals surface area contributed by atoms with E-state index in [0.717, 1.165) is 5.69 Å². The number of hydrogen-bond donors (Lipinski definition) is 2. The van der Waals surface area contributed by atoms with Crippen LogP contribution in [0.5, 0.6) is 0 Å². The van der Waals surface area contributed by atoms with Crippen LogP contribution in [0.25, 0.3) is 0 Å². The van der Waals surface area contributed by atoms with Gasteiger partial charge in [-0.2, -0.15) is 12.6 Å². The summed E-state index contributed by atoms with van der Waals surface area (Å²) >= 11 is 4.08. The van der Waals surface area contributed by atoms with Crippen molar-refractivity contribution in [3.63, 3.8) is 0 Å². The first-order chi connectivity index (χ1) is 7.20. The van der Waals surface area contributed by atoms with E-state index >= 15 is 0 Å². The maximum Gasteiger partial charge on any atom is 0.327 e. The Morgan fingerprint density at radius 2 is 2.07 bits per heavy atom. The molecule has 1 aromatic carbocycles. The van der Waals surface area contributed by atoms with Crippen molar-refractivity contribution in [2.24, 2.45) is 0 Å². The van der Waals surface area contributed by atoms with Crippen LogP contribution in [0.3, 0.4) is 0 Å². The van der Waals surface area contributed by atoms with Gasteiger partial charge in [0, 0.05) is 18.0 Å². The van der Waals surface area contributed by atoms with Gasteiger partial charge in [-0.3, -0.25) is 0 Å². The Morgan fingerprint density at radius 3 is 2.47 bits per heavy atom. The number of aliphatic carboxylic acids is 1. The van der Waals surface area contributed by atoms with Crippen LogP contribution in [0.4, 0.5) is 5.69 Å². The molecule has 82 valence electrons. The first kappa shape index (κ1) is 11.9. The molecule has 0 aliphatic heterocycles. The number of hydrogen-bond acceptors (Lipinski definition) is 3. The van der Waals surface area contributed by atoms with Crippen molar-refractivity contribution >= 4 is 24.3 Å². The van der Waals surface area contributed by atoms with Gasteiger partial charge in [0.2, 0.25) is 0 Å². The highest BCUT2D eigenvalue weighted by Gasteiger charge is 2.22. The van der Waals surface area contributed by atoms with Gasteiger partial charge in [-0.1, -0.05) is 18.2 Å². The van der Waals surface area contributed by atoms with Gasteiger partial charge in [0.15, 0.2) is 0 Å². The molecule has 0 aliphatic rings. The highest BCUT2D eigenvalue weighted by atomic mass is 32.1. The van der Waals surface area contributed by atoms with Crippen molar-refractivity contribution in [1.82, 2.24) is 0 Å². The van der Waals surface area contributed by atoms with Gasteiger partial charge in [0.25, 0.3) is 0 Å². The monoisotopic (exact) mass is 225 g/mol. The smallest absolute Gasteiger partial charge is 0.327 e. The molecule has 0 saturated heterocycles. The third-order valence-electron chi connectivity index (χ3n) is 2.26. The summed E-state index contributed by atoms with van der Waals surface area (Å²) in [5.74, 6) is -0.534. The minimum atomic E-state index is -0.837. The first-order valence-corrected chi connectivity index (χ1v) is 5.49. The van der Waals surface area contributed by atoms with E-state index in [0.29, 0.717) is 12.3 Å². The van der Waals surface area contributed by atoms with Crippen molar-refractivity contribution in [3.05, 3.63) is 30.3 Å². The molecule has 0 amide bonds. The Labute approximate surface area is 95.1 Å². The molecule has 0 bridgehead atoms. The van der Waals surface area contributed by atoms with Crippen LogP contribution in [-0.4, -0.2) is 29.4 Å². The Kier molecular flexibility index (Phi) is 4.49. The van der Waals surface area contributed by atoms with Gasteiger partial charge in [0.1, 0.15) is 6.04 Å². The third kappa shape index (κ3) is 2.89. The highest BCUT2D eigenvalue weighted by Crippen LogP contribution is 2.16. The number of rotatable bonds is 5. The number of thiol groups is 1. The van der Waals surface area contributed by atoms with Crippen LogP contribution in [0.1, 0.15) is 6.92 Å². The lowest BCUT2D eigenvalue weighted by Crippen LogP contribution is -2.42. The number of likely N-dealkylation sites (N-methyl/N-ethyl adjacent to an activating group) is 1. The SMILES string of the molecule is CCN(c1ccccc1)C(CS)C(=O)O. The molecule has 0 spiro atoms. The molecule has 15 heavy (non-hydrogen) atoms. The van der Waals surface area contributed by atoms with Crippen molar-refractivity contribution in [3.8, 4) is 0 Å².